The van der Waals surface area contributed by atoms with Gasteiger partial charge in [-0.3, -0.25) is 10.4 Å². The third-order valence-electron chi connectivity index (χ3n) is 6.57. The third kappa shape index (κ3) is 4.97. The highest BCUT2D eigenvalue weighted by Gasteiger charge is 2.42. The fourth-order valence-electron chi connectivity index (χ4n) is 5.14. The van der Waals surface area contributed by atoms with E-state index >= 15 is 0 Å². The van der Waals surface area contributed by atoms with Crippen LogP contribution in [0.25, 0.3) is 22.0 Å². The molecular formula is C26H30F3N3O2. The normalized spacial score (nSPS) is 16.0. The Balaban J connectivity index is 1.74. The van der Waals surface area contributed by atoms with E-state index < -0.39 is 18.4 Å². The lowest BCUT2D eigenvalue weighted by atomic mass is 9.89. The Hall–Kier alpha value is -2.87. The molecule has 182 valence electrons. The number of benzene rings is 2. The predicted octanol–water partition coefficient (Wildman–Crippen LogP) is 5.83. The molecule has 1 aromatic heterocycles. The van der Waals surface area contributed by atoms with Crippen LogP contribution in [0, 0.1) is 26.7 Å². The number of rotatable bonds is 7. The maximum atomic E-state index is 12.7. The highest BCUT2D eigenvalue weighted by Crippen LogP contribution is 2.43. The van der Waals surface area contributed by atoms with Crippen LogP contribution in [0.5, 0.6) is 0 Å². The van der Waals surface area contributed by atoms with Crippen molar-refractivity contribution >= 4 is 16.9 Å². The maximum absolute atomic E-state index is 12.7. The zero-order chi connectivity index (χ0) is 24.8. The number of alkyl halides is 3. The molecule has 3 aromatic rings. The SMILES string of the molecule is Cc1cc(C)c(-c2cccc3c(C(CC4CC4)CC(N)OC(=O)C(F)(F)F)n(C)nc23)c(C)c1. The van der Waals surface area contributed by atoms with E-state index in [9.17, 15) is 18.0 Å². The molecule has 2 unspecified atom stereocenters. The largest absolute Gasteiger partial charge is 0.490 e. The van der Waals surface area contributed by atoms with Gasteiger partial charge in [-0.15, -0.1) is 0 Å². The molecule has 4 rings (SSSR count). The van der Waals surface area contributed by atoms with Gasteiger partial charge in [0, 0.05) is 36.0 Å². The number of aromatic nitrogens is 2. The number of hydrogen-bond acceptors (Lipinski definition) is 4. The molecular weight excluding hydrogens is 443 g/mol. The van der Waals surface area contributed by atoms with Crippen molar-refractivity contribution in [2.45, 2.75) is 64.8 Å². The molecule has 0 radical (unpaired) electrons. The van der Waals surface area contributed by atoms with Gasteiger partial charge in [0.15, 0.2) is 6.23 Å². The van der Waals surface area contributed by atoms with Crippen molar-refractivity contribution in [1.82, 2.24) is 9.78 Å². The number of fused-ring (bicyclic) bond motifs is 1. The van der Waals surface area contributed by atoms with Gasteiger partial charge in [-0.05, 0) is 49.8 Å². The van der Waals surface area contributed by atoms with Crippen molar-refractivity contribution in [1.29, 1.82) is 0 Å². The molecule has 0 bridgehead atoms. The summed E-state index contributed by atoms with van der Waals surface area (Å²) in [6.45, 7) is 6.24. The van der Waals surface area contributed by atoms with E-state index in [1.54, 1.807) is 4.68 Å². The smallest absolute Gasteiger partial charge is 0.440 e. The number of carbonyl (C=O) groups is 1. The summed E-state index contributed by atoms with van der Waals surface area (Å²) in [5.74, 6) is -1.95. The maximum Gasteiger partial charge on any atom is 0.490 e. The van der Waals surface area contributed by atoms with Crippen LogP contribution in [-0.4, -0.2) is 28.2 Å². The van der Waals surface area contributed by atoms with Gasteiger partial charge in [0.1, 0.15) is 5.52 Å². The van der Waals surface area contributed by atoms with E-state index in [4.69, 9.17) is 10.8 Å². The first-order valence-electron chi connectivity index (χ1n) is 11.5. The van der Waals surface area contributed by atoms with E-state index in [1.807, 2.05) is 19.2 Å². The van der Waals surface area contributed by atoms with E-state index in [-0.39, 0.29) is 12.3 Å². The Morgan fingerprint density at radius 1 is 1.21 bits per heavy atom. The molecule has 5 nitrogen and oxygen atoms in total. The fraction of sp³-hybridized carbons (Fsp3) is 0.462. The average Bonchev–Trinajstić information content (AvgIpc) is 3.46. The van der Waals surface area contributed by atoms with E-state index in [1.165, 1.54) is 5.56 Å². The molecule has 0 spiro atoms. The van der Waals surface area contributed by atoms with Crippen LogP contribution in [-0.2, 0) is 16.6 Å². The first-order chi connectivity index (χ1) is 16.0. The Morgan fingerprint density at radius 3 is 2.44 bits per heavy atom. The van der Waals surface area contributed by atoms with Gasteiger partial charge in [-0.1, -0.05) is 48.7 Å². The second kappa shape index (κ2) is 9.06. The number of hydrogen-bond donors (Lipinski definition) is 1. The molecule has 0 amide bonds. The topological polar surface area (TPSA) is 70.1 Å². The molecule has 1 saturated carbocycles. The summed E-state index contributed by atoms with van der Waals surface area (Å²) in [6.07, 6.45) is -3.40. The van der Waals surface area contributed by atoms with Crippen molar-refractivity contribution in [2.75, 3.05) is 0 Å². The van der Waals surface area contributed by atoms with Crippen LogP contribution in [0.2, 0.25) is 0 Å². The van der Waals surface area contributed by atoms with Crippen LogP contribution in [0.3, 0.4) is 0 Å². The number of halogens is 3. The fourth-order valence-corrected chi connectivity index (χ4v) is 5.14. The summed E-state index contributed by atoms with van der Waals surface area (Å²) >= 11 is 0. The number of carbonyl (C=O) groups excluding carboxylic acids is 1. The first kappa shape index (κ1) is 24.3. The molecule has 0 saturated heterocycles. The highest BCUT2D eigenvalue weighted by molar-refractivity contribution is 5.97. The lowest BCUT2D eigenvalue weighted by molar-refractivity contribution is -0.205. The second-order valence-electron chi connectivity index (χ2n) is 9.54. The Kier molecular flexibility index (Phi) is 6.46. The molecule has 2 N–H and O–H groups in total. The van der Waals surface area contributed by atoms with Gasteiger partial charge in [-0.25, -0.2) is 4.79 Å². The number of nitrogens with zero attached hydrogens (tertiary/aromatic N) is 2. The van der Waals surface area contributed by atoms with E-state index in [0.29, 0.717) is 5.92 Å². The molecule has 8 heteroatoms. The lowest BCUT2D eigenvalue weighted by Gasteiger charge is -2.22. The molecule has 1 fully saturated rings. The number of ether oxygens (including phenoxy) is 1. The van der Waals surface area contributed by atoms with Gasteiger partial charge in [-0.2, -0.15) is 18.3 Å². The summed E-state index contributed by atoms with van der Waals surface area (Å²) in [5, 5.41) is 5.78. The van der Waals surface area contributed by atoms with Crippen molar-refractivity contribution in [2.24, 2.45) is 18.7 Å². The number of nitrogens with two attached hydrogens (primary N) is 1. The molecule has 1 aliphatic rings. The van der Waals surface area contributed by atoms with Gasteiger partial charge in [0.25, 0.3) is 0 Å². The monoisotopic (exact) mass is 473 g/mol. The van der Waals surface area contributed by atoms with Crippen LogP contribution >= 0.6 is 0 Å². The number of esters is 1. The van der Waals surface area contributed by atoms with Crippen molar-refractivity contribution < 1.29 is 22.7 Å². The summed E-state index contributed by atoms with van der Waals surface area (Å²) in [4.78, 5) is 11.3. The van der Waals surface area contributed by atoms with Crippen LogP contribution in [0.1, 0.15) is 54.0 Å². The zero-order valence-corrected chi connectivity index (χ0v) is 19.9. The van der Waals surface area contributed by atoms with Crippen molar-refractivity contribution in [3.8, 4) is 11.1 Å². The van der Waals surface area contributed by atoms with E-state index in [2.05, 4.69) is 43.7 Å². The standard InChI is InChI=1S/C26H30F3N3O2/c1-14-10-15(2)22(16(3)11-14)19-6-5-7-20-23(19)31-32(4)24(20)18(12-17-8-9-17)13-21(30)34-25(33)26(27,28)29/h5-7,10-11,17-18,21H,8-9,12-13,30H2,1-4H3. The van der Waals surface area contributed by atoms with Gasteiger partial charge in [0.2, 0.25) is 0 Å². The number of aryl methyl sites for hydroxylation is 4. The van der Waals surface area contributed by atoms with Gasteiger partial charge in [0.05, 0.1) is 0 Å². The second-order valence-corrected chi connectivity index (χ2v) is 9.54. The summed E-state index contributed by atoms with van der Waals surface area (Å²) in [7, 11) is 1.85. The first-order valence-corrected chi connectivity index (χ1v) is 11.5. The minimum Gasteiger partial charge on any atom is -0.440 e. The molecule has 34 heavy (non-hydrogen) atoms. The molecule has 2 atom stereocenters. The van der Waals surface area contributed by atoms with Gasteiger partial charge >= 0.3 is 12.1 Å². The summed E-state index contributed by atoms with van der Waals surface area (Å²) < 4.78 is 44.3. The zero-order valence-electron chi connectivity index (χ0n) is 19.9. The molecule has 1 aliphatic carbocycles. The van der Waals surface area contributed by atoms with E-state index in [0.717, 1.165) is 58.1 Å². The van der Waals surface area contributed by atoms with Gasteiger partial charge < -0.3 is 4.74 Å². The van der Waals surface area contributed by atoms with Crippen LogP contribution in [0.15, 0.2) is 30.3 Å². The molecule has 0 aliphatic heterocycles. The van der Waals surface area contributed by atoms with Crippen molar-refractivity contribution in [3.63, 3.8) is 0 Å². The minimum atomic E-state index is -5.07. The lowest BCUT2D eigenvalue weighted by Crippen LogP contribution is -2.35. The molecule has 1 heterocycles. The average molecular weight is 474 g/mol. The highest BCUT2D eigenvalue weighted by atomic mass is 19.4. The van der Waals surface area contributed by atoms with Crippen LogP contribution < -0.4 is 5.73 Å². The summed E-state index contributed by atoms with van der Waals surface area (Å²) in [5.41, 5.74) is 13.3. The summed E-state index contributed by atoms with van der Waals surface area (Å²) in [6, 6.07) is 10.3. The molecule has 2 aromatic carbocycles. The third-order valence-corrected chi connectivity index (χ3v) is 6.57. The quantitative estimate of drug-likeness (QED) is 0.346. The predicted molar refractivity (Wildman–Crippen MR) is 125 cm³/mol. The Bertz CT molecular complexity index is 1200. The Labute approximate surface area is 197 Å². The minimum absolute atomic E-state index is 0.0970. The van der Waals surface area contributed by atoms with Crippen molar-refractivity contribution in [3.05, 3.63) is 52.7 Å². The van der Waals surface area contributed by atoms with Crippen LogP contribution in [0.4, 0.5) is 13.2 Å². The Morgan fingerprint density at radius 2 is 1.85 bits per heavy atom.